The van der Waals surface area contributed by atoms with Gasteiger partial charge in [-0.25, -0.2) is 4.79 Å². The number of primary amides is 1. The molecule has 0 aliphatic rings. The number of hydrazine groups is 1. The van der Waals surface area contributed by atoms with Crippen LogP contribution in [0.15, 0.2) is 0 Å². The summed E-state index contributed by atoms with van der Waals surface area (Å²) in [5.41, 5.74) is 7.15. The normalized spacial score (nSPS) is 11.0. The zero-order valence-corrected chi connectivity index (χ0v) is 6.99. The molecule has 54 valence electrons. The summed E-state index contributed by atoms with van der Waals surface area (Å²) in [4.78, 5) is 10.1. The van der Waals surface area contributed by atoms with Crippen molar-refractivity contribution in [2.45, 2.75) is 19.6 Å². The van der Waals surface area contributed by atoms with Crippen LogP contribution in [0, 0.1) is 0 Å². The molecule has 0 unspecified atom stereocenters. The van der Waals surface area contributed by atoms with Crippen molar-refractivity contribution in [1.29, 1.82) is 0 Å². The SMILES string of the molecule is C[Si](C)(C)NNC(N)=O. The van der Waals surface area contributed by atoms with E-state index in [4.69, 9.17) is 5.73 Å². The molecule has 9 heavy (non-hydrogen) atoms. The van der Waals surface area contributed by atoms with Gasteiger partial charge in [-0.2, -0.15) is 0 Å². The highest BCUT2D eigenvalue weighted by molar-refractivity contribution is 6.73. The van der Waals surface area contributed by atoms with E-state index in [0.717, 1.165) is 0 Å². The summed E-state index contributed by atoms with van der Waals surface area (Å²) in [6.45, 7) is 6.18. The molecule has 2 amide bonds. The first-order valence-corrected chi connectivity index (χ1v) is 6.24. The molecule has 5 heteroatoms. The van der Waals surface area contributed by atoms with Crippen LogP contribution in [0.1, 0.15) is 0 Å². The lowest BCUT2D eigenvalue weighted by Crippen LogP contribution is -2.53. The van der Waals surface area contributed by atoms with Gasteiger partial charge in [0.05, 0.1) is 0 Å². The molecule has 0 aromatic carbocycles. The molecule has 0 fully saturated rings. The van der Waals surface area contributed by atoms with Gasteiger partial charge in [-0.15, -0.1) is 0 Å². The molecule has 0 saturated heterocycles. The fraction of sp³-hybridized carbons (Fsp3) is 0.750. The molecule has 0 aromatic heterocycles. The average molecular weight is 147 g/mol. The van der Waals surface area contributed by atoms with Gasteiger partial charge in [0.15, 0.2) is 0 Å². The lowest BCUT2D eigenvalue weighted by atomic mass is 11.2. The van der Waals surface area contributed by atoms with Crippen LogP contribution in [0.25, 0.3) is 0 Å². The van der Waals surface area contributed by atoms with Crippen molar-refractivity contribution in [3.8, 4) is 0 Å². The van der Waals surface area contributed by atoms with Gasteiger partial charge in [-0.05, 0) is 0 Å². The molecular weight excluding hydrogens is 134 g/mol. The minimum absolute atomic E-state index is 0.530. The molecule has 0 aliphatic heterocycles. The van der Waals surface area contributed by atoms with E-state index in [1.807, 2.05) is 0 Å². The van der Waals surface area contributed by atoms with E-state index in [-0.39, 0.29) is 0 Å². The van der Waals surface area contributed by atoms with Gasteiger partial charge >= 0.3 is 6.03 Å². The number of hydrogen-bond donors (Lipinski definition) is 3. The molecule has 0 atom stereocenters. The largest absolute Gasteiger partial charge is 0.351 e. The number of hydrogen-bond acceptors (Lipinski definition) is 2. The summed E-state index contributed by atoms with van der Waals surface area (Å²) in [6.07, 6.45) is 0. The van der Waals surface area contributed by atoms with Gasteiger partial charge in [0.25, 0.3) is 0 Å². The Balaban J connectivity index is 3.39. The molecule has 0 heterocycles. The van der Waals surface area contributed by atoms with Crippen molar-refractivity contribution < 1.29 is 4.79 Å². The zero-order chi connectivity index (χ0) is 7.49. The summed E-state index contributed by atoms with van der Waals surface area (Å²) in [6, 6.07) is -0.530. The van der Waals surface area contributed by atoms with Crippen molar-refractivity contribution in [3.63, 3.8) is 0 Å². The molecule has 0 saturated carbocycles. The third kappa shape index (κ3) is 7.45. The maximum atomic E-state index is 10.1. The van der Waals surface area contributed by atoms with Crippen molar-refractivity contribution in [3.05, 3.63) is 0 Å². The number of nitrogens with two attached hydrogens (primary N) is 1. The minimum Gasteiger partial charge on any atom is -0.351 e. The zero-order valence-electron chi connectivity index (χ0n) is 5.99. The van der Waals surface area contributed by atoms with E-state index in [0.29, 0.717) is 0 Å². The molecule has 0 radical (unpaired) electrons. The molecule has 0 aliphatic carbocycles. The van der Waals surface area contributed by atoms with Gasteiger partial charge < -0.3 is 5.73 Å². The van der Waals surface area contributed by atoms with Crippen LogP contribution in [-0.2, 0) is 0 Å². The Bertz CT molecular complexity index is 109. The van der Waals surface area contributed by atoms with Gasteiger partial charge in [0.1, 0.15) is 8.24 Å². The van der Waals surface area contributed by atoms with Crippen LogP contribution < -0.4 is 16.3 Å². The predicted molar refractivity (Wildman–Crippen MR) is 39.2 cm³/mol. The van der Waals surface area contributed by atoms with Gasteiger partial charge in [0.2, 0.25) is 0 Å². The Morgan fingerprint density at radius 2 is 1.89 bits per heavy atom. The fourth-order valence-electron chi connectivity index (χ4n) is 0.249. The second kappa shape index (κ2) is 2.84. The minimum atomic E-state index is -1.38. The number of carbonyl (C=O) groups excluding carboxylic acids is 1. The summed E-state index contributed by atoms with van der Waals surface area (Å²) in [5.74, 6) is 0. The van der Waals surface area contributed by atoms with E-state index in [2.05, 4.69) is 30.2 Å². The van der Waals surface area contributed by atoms with Crippen LogP contribution in [-0.4, -0.2) is 14.3 Å². The predicted octanol–water partition coefficient (Wildman–Crippen LogP) is -0.00580. The Labute approximate surface area is 55.9 Å². The fourth-order valence-corrected chi connectivity index (χ4v) is 0.747. The van der Waals surface area contributed by atoms with Gasteiger partial charge in [0, 0.05) is 0 Å². The van der Waals surface area contributed by atoms with Crippen molar-refractivity contribution in [2.75, 3.05) is 0 Å². The summed E-state index contributed by atoms with van der Waals surface area (Å²) >= 11 is 0. The van der Waals surface area contributed by atoms with Crippen LogP contribution in [0.5, 0.6) is 0 Å². The topological polar surface area (TPSA) is 67.2 Å². The summed E-state index contributed by atoms with van der Waals surface area (Å²) in [7, 11) is -1.38. The van der Waals surface area contributed by atoms with E-state index in [1.54, 1.807) is 0 Å². The third-order valence-electron chi connectivity index (χ3n) is 0.561. The number of amides is 2. The Morgan fingerprint density at radius 1 is 1.44 bits per heavy atom. The Kier molecular flexibility index (Phi) is 2.66. The van der Waals surface area contributed by atoms with Gasteiger partial charge in [-0.3, -0.25) is 10.5 Å². The average Bonchev–Trinajstić information content (AvgIpc) is 1.59. The van der Waals surface area contributed by atoms with E-state index < -0.39 is 14.3 Å². The number of nitrogens with one attached hydrogen (secondary N) is 2. The number of carbonyl (C=O) groups is 1. The van der Waals surface area contributed by atoms with E-state index >= 15 is 0 Å². The molecule has 4 N–H and O–H groups in total. The molecule has 0 aromatic rings. The first-order chi connectivity index (χ1) is 3.92. The van der Waals surface area contributed by atoms with Gasteiger partial charge in [-0.1, -0.05) is 19.6 Å². The maximum Gasteiger partial charge on any atom is 0.325 e. The maximum absolute atomic E-state index is 10.1. The standard InChI is InChI=1S/C4H13N3OSi/c1-9(2,3)7-6-4(5)8/h7H,1-3H3,(H3,5,6,8). The first kappa shape index (κ1) is 8.45. The number of urea groups is 1. The molecule has 0 spiro atoms. The second-order valence-corrected chi connectivity index (χ2v) is 7.61. The van der Waals surface area contributed by atoms with E-state index in [1.165, 1.54) is 0 Å². The Hall–Kier alpha value is -0.553. The number of rotatable bonds is 2. The van der Waals surface area contributed by atoms with Crippen molar-refractivity contribution in [2.24, 2.45) is 5.73 Å². The molecule has 0 bridgehead atoms. The van der Waals surface area contributed by atoms with Crippen molar-refractivity contribution in [1.82, 2.24) is 10.5 Å². The van der Waals surface area contributed by atoms with Crippen LogP contribution in [0.4, 0.5) is 4.79 Å². The Morgan fingerprint density at radius 3 is 2.00 bits per heavy atom. The monoisotopic (exact) mass is 147 g/mol. The quantitative estimate of drug-likeness (QED) is 0.380. The summed E-state index contributed by atoms with van der Waals surface area (Å²) in [5, 5.41) is 2.84. The lowest BCUT2D eigenvalue weighted by Gasteiger charge is -2.16. The van der Waals surface area contributed by atoms with Crippen molar-refractivity contribution >= 4 is 14.3 Å². The highest BCUT2D eigenvalue weighted by Gasteiger charge is 2.11. The molecular formula is C4H13N3OSi. The third-order valence-corrected chi connectivity index (χ3v) is 1.44. The highest BCUT2D eigenvalue weighted by atomic mass is 28.3. The molecule has 0 rings (SSSR count). The first-order valence-electron chi connectivity index (χ1n) is 2.74. The second-order valence-electron chi connectivity index (χ2n) is 2.86. The van der Waals surface area contributed by atoms with Crippen LogP contribution in [0.2, 0.25) is 19.6 Å². The van der Waals surface area contributed by atoms with Crippen LogP contribution in [0.3, 0.4) is 0 Å². The summed E-state index contributed by atoms with van der Waals surface area (Å²) < 4.78 is 0. The molecule has 4 nitrogen and oxygen atoms in total. The smallest absolute Gasteiger partial charge is 0.325 e. The van der Waals surface area contributed by atoms with E-state index in [9.17, 15) is 4.79 Å². The highest BCUT2D eigenvalue weighted by Crippen LogP contribution is 1.89. The lowest BCUT2D eigenvalue weighted by molar-refractivity contribution is 0.247. The van der Waals surface area contributed by atoms with Crippen LogP contribution >= 0.6 is 0 Å².